The topological polar surface area (TPSA) is 92.8 Å². The Balaban J connectivity index is 1.89. The summed E-state index contributed by atoms with van der Waals surface area (Å²) in [6, 6.07) is 6.46. The fraction of sp³-hybridized carbons (Fsp3) is 0.467. The normalized spacial score (nSPS) is 14.7. The van der Waals surface area contributed by atoms with Crippen molar-refractivity contribution in [1.82, 2.24) is 9.62 Å². The first-order valence-corrected chi connectivity index (χ1v) is 9.01. The lowest BCUT2D eigenvalue weighted by molar-refractivity contribution is 0.0663. The lowest BCUT2D eigenvalue weighted by atomic mass is 10.1. The molecule has 0 bridgehead atoms. The molecule has 7 nitrogen and oxygen atoms in total. The summed E-state index contributed by atoms with van der Waals surface area (Å²) >= 11 is 0. The van der Waals surface area contributed by atoms with Crippen LogP contribution in [0.3, 0.4) is 0 Å². The Morgan fingerprint density at radius 1 is 1.13 bits per heavy atom. The number of benzene rings is 1. The molecule has 0 atom stereocenters. The van der Waals surface area contributed by atoms with Gasteiger partial charge in [0.25, 0.3) is 11.8 Å². The Morgan fingerprint density at radius 3 is 2.22 bits per heavy atom. The largest absolute Gasteiger partial charge is 0.377 e. The van der Waals surface area contributed by atoms with Crippen molar-refractivity contribution in [2.45, 2.75) is 20.0 Å². The van der Waals surface area contributed by atoms with E-state index in [1.807, 2.05) is 13.8 Å². The number of carbonyl (C=O) groups excluding carboxylic acids is 2. The minimum atomic E-state index is -3.58. The third kappa shape index (κ3) is 4.37. The number of rotatable bonds is 8. The first kappa shape index (κ1) is 17.6. The summed E-state index contributed by atoms with van der Waals surface area (Å²) < 4.78 is 31.4. The highest BCUT2D eigenvalue weighted by Gasteiger charge is 2.35. The van der Waals surface area contributed by atoms with Crippen molar-refractivity contribution in [2.75, 3.05) is 25.4 Å². The van der Waals surface area contributed by atoms with E-state index in [0.29, 0.717) is 11.1 Å². The maximum absolute atomic E-state index is 12.1. The van der Waals surface area contributed by atoms with Gasteiger partial charge in [0.1, 0.15) is 0 Å². The summed E-state index contributed by atoms with van der Waals surface area (Å²) in [5, 5.41) is 0. The molecular weight excluding hydrogens is 320 g/mol. The molecule has 2 amide bonds. The van der Waals surface area contributed by atoms with E-state index in [2.05, 4.69) is 4.72 Å². The lowest BCUT2D eigenvalue weighted by Crippen LogP contribution is -2.38. The number of nitrogens with one attached hydrogen (secondary N) is 1. The van der Waals surface area contributed by atoms with E-state index < -0.39 is 21.8 Å². The predicted molar refractivity (Wildman–Crippen MR) is 84.7 cm³/mol. The van der Waals surface area contributed by atoms with Crippen molar-refractivity contribution in [3.63, 3.8) is 0 Å². The second-order valence-electron chi connectivity index (χ2n) is 5.44. The average Bonchev–Trinajstić information content (AvgIpc) is 2.74. The second kappa shape index (κ2) is 7.20. The number of imide groups is 1. The number of sulfonamides is 1. The quantitative estimate of drug-likeness (QED) is 0.553. The number of nitrogens with zero attached hydrogens (tertiary/aromatic N) is 1. The van der Waals surface area contributed by atoms with Gasteiger partial charge in [-0.05, 0) is 26.0 Å². The summed E-state index contributed by atoms with van der Waals surface area (Å²) in [5.74, 6) is -1.24. The molecule has 0 unspecified atom stereocenters. The Kier molecular flexibility index (Phi) is 5.51. The van der Waals surface area contributed by atoms with Crippen LogP contribution in [0.5, 0.6) is 0 Å². The minimum absolute atomic E-state index is 0.0258. The van der Waals surface area contributed by atoms with Crippen molar-refractivity contribution >= 4 is 21.8 Å². The molecule has 0 spiro atoms. The summed E-state index contributed by atoms with van der Waals surface area (Å²) in [7, 11) is -3.58. The molecule has 2 rings (SSSR count). The molecule has 0 aromatic heterocycles. The van der Waals surface area contributed by atoms with Gasteiger partial charge >= 0.3 is 0 Å². The number of ether oxygens (including phenoxy) is 1. The molecule has 0 saturated carbocycles. The number of hydrogen-bond donors (Lipinski definition) is 1. The molecule has 1 aromatic carbocycles. The molecule has 1 aliphatic rings. The molecule has 0 aliphatic carbocycles. The van der Waals surface area contributed by atoms with Crippen molar-refractivity contribution < 1.29 is 22.7 Å². The van der Waals surface area contributed by atoms with Gasteiger partial charge < -0.3 is 4.74 Å². The summed E-state index contributed by atoms with van der Waals surface area (Å²) in [4.78, 5) is 25.2. The van der Waals surface area contributed by atoms with Gasteiger partial charge in [0.2, 0.25) is 10.0 Å². The van der Waals surface area contributed by atoms with Gasteiger partial charge in [-0.2, -0.15) is 0 Å². The molecule has 0 radical (unpaired) electrons. The molecule has 1 aliphatic heterocycles. The number of carbonyl (C=O) groups is 2. The van der Waals surface area contributed by atoms with Crippen LogP contribution in [0.4, 0.5) is 0 Å². The zero-order valence-corrected chi connectivity index (χ0v) is 13.9. The van der Waals surface area contributed by atoms with Gasteiger partial charge in [0, 0.05) is 13.1 Å². The van der Waals surface area contributed by atoms with E-state index in [4.69, 9.17) is 4.74 Å². The maximum Gasteiger partial charge on any atom is 0.261 e. The highest BCUT2D eigenvalue weighted by Crippen LogP contribution is 2.21. The van der Waals surface area contributed by atoms with Gasteiger partial charge in [-0.15, -0.1) is 0 Å². The van der Waals surface area contributed by atoms with Crippen LogP contribution < -0.4 is 4.72 Å². The predicted octanol–water partition coefficient (Wildman–Crippen LogP) is 0.627. The fourth-order valence-corrected chi connectivity index (χ4v) is 3.18. The van der Waals surface area contributed by atoms with Gasteiger partial charge in [-0.25, -0.2) is 13.1 Å². The Morgan fingerprint density at radius 2 is 1.70 bits per heavy atom. The number of amides is 2. The molecule has 8 heteroatoms. The summed E-state index contributed by atoms with van der Waals surface area (Å²) in [6.07, 6.45) is 0.0258. The third-order valence-corrected chi connectivity index (χ3v) is 4.70. The number of fused-ring (bicyclic) bond motifs is 1. The minimum Gasteiger partial charge on any atom is -0.377 e. The van der Waals surface area contributed by atoms with Crippen molar-refractivity contribution in [2.24, 2.45) is 0 Å². The van der Waals surface area contributed by atoms with E-state index >= 15 is 0 Å². The lowest BCUT2D eigenvalue weighted by Gasteiger charge is -2.14. The van der Waals surface area contributed by atoms with Crippen molar-refractivity contribution in [3.05, 3.63) is 35.4 Å². The zero-order chi connectivity index (χ0) is 17.0. The molecular formula is C15H20N2O5S. The van der Waals surface area contributed by atoms with Crippen LogP contribution in [0.15, 0.2) is 24.3 Å². The van der Waals surface area contributed by atoms with E-state index in [1.165, 1.54) is 0 Å². The first-order chi connectivity index (χ1) is 10.8. The summed E-state index contributed by atoms with van der Waals surface area (Å²) in [5.41, 5.74) is 0.626. The van der Waals surface area contributed by atoms with E-state index in [9.17, 15) is 18.0 Å². The van der Waals surface area contributed by atoms with Crippen LogP contribution in [0.2, 0.25) is 0 Å². The molecule has 1 aromatic rings. The zero-order valence-electron chi connectivity index (χ0n) is 13.1. The van der Waals surface area contributed by atoms with Gasteiger partial charge in [0.05, 0.1) is 29.6 Å². The Labute approximate surface area is 135 Å². The van der Waals surface area contributed by atoms with E-state index in [0.717, 1.165) is 4.90 Å². The molecule has 0 fully saturated rings. The van der Waals surface area contributed by atoms with Crippen LogP contribution >= 0.6 is 0 Å². The van der Waals surface area contributed by atoms with Crippen molar-refractivity contribution in [1.29, 1.82) is 0 Å². The Hall–Kier alpha value is -1.77. The van der Waals surface area contributed by atoms with Gasteiger partial charge in [-0.1, -0.05) is 12.1 Å². The standard InChI is InChI=1S/C15H20N2O5S/c1-11(2)22-9-7-16-23(20,21)10-8-17-14(18)12-5-3-4-6-13(12)15(17)19/h3-6,11,16H,7-10H2,1-2H3. The van der Waals surface area contributed by atoms with Crippen LogP contribution in [0.25, 0.3) is 0 Å². The van der Waals surface area contributed by atoms with E-state index in [1.54, 1.807) is 24.3 Å². The molecule has 1 heterocycles. The highest BCUT2D eigenvalue weighted by atomic mass is 32.2. The number of hydrogen-bond acceptors (Lipinski definition) is 5. The molecule has 23 heavy (non-hydrogen) atoms. The average molecular weight is 340 g/mol. The summed E-state index contributed by atoms with van der Waals surface area (Å²) in [6.45, 7) is 3.97. The third-order valence-electron chi connectivity index (χ3n) is 3.34. The maximum atomic E-state index is 12.1. The molecule has 0 saturated heterocycles. The van der Waals surface area contributed by atoms with Crippen LogP contribution in [-0.4, -0.2) is 56.7 Å². The smallest absolute Gasteiger partial charge is 0.261 e. The molecule has 1 N–H and O–H groups in total. The molecule has 126 valence electrons. The highest BCUT2D eigenvalue weighted by molar-refractivity contribution is 7.89. The van der Waals surface area contributed by atoms with Gasteiger partial charge in [0.15, 0.2) is 0 Å². The second-order valence-corrected chi connectivity index (χ2v) is 7.37. The Bertz CT molecular complexity index is 665. The monoisotopic (exact) mass is 340 g/mol. The van der Waals surface area contributed by atoms with Crippen LogP contribution in [-0.2, 0) is 14.8 Å². The van der Waals surface area contributed by atoms with Crippen LogP contribution in [0.1, 0.15) is 34.6 Å². The first-order valence-electron chi connectivity index (χ1n) is 7.36. The van der Waals surface area contributed by atoms with Gasteiger partial charge in [-0.3, -0.25) is 14.5 Å². The SMILES string of the molecule is CC(C)OCCNS(=O)(=O)CCN1C(=O)c2ccccc2C1=O. The van der Waals surface area contributed by atoms with Crippen molar-refractivity contribution in [3.8, 4) is 0 Å². The fourth-order valence-electron chi connectivity index (χ4n) is 2.22. The van der Waals surface area contributed by atoms with E-state index in [-0.39, 0.29) is 31.6 Å². The van der Waals surface area contributed by atoms with Crippen LogP contribution in [0, 0.1) is 0 Å².